The molecule has 0 spiro atoms. The normalized spacial score (nSPS) is 16.3. The smallest absolute Gasteiger partial charge is 0.260 e. The Balaban J connectivity index is 2.07. The van der Waals surface area contributed by atoms with Crippen molar-refractivity contribution in [2.24, 2.45) is 4.99 Å². The van der Waals surface area contributed by atoms with Crippen molar-refractivity contribution in [3.63, 3.8) is 0 Å². The van der Waals surface area contributed by atoms with E-state index in [0.717, 1.165) is 33.9 Å². The highest BCUT2D eigenvalue weighted by molar-refractivity contribution is 6.19. The number of aliphatic hydroxyl groups excluding tert-OH is 1. The first-order valence-corrected chi connectivity index (χ1v) is 8.80. The molecule has 0 radical (unpaired) electrons. The molecular formula is C20H25N4O3+. The van der Waals surface area contributed by atoms with E-state index >= 15 is 0 Å². The molecule has 7 heteroatoms. The summed E-state index contributed by atoms with van der Waals surface area (Å²) in [6.45, 7) is 5.29. The lowest BCUT2D eigenvalue weighted by Gasteiger charge is -2.23. The molecule has 0 aromatic carbocycles. The van der Waals surface area contributed by atoms with E-state index in [1.54, 1.807) is 4.52 Å². The summed E-state index contributed by atoms with van der Waals surface area (Å²) >= 11 is 0. The molecule has 2 aromatic heterocycles. The monoisotopic (exact) mass is 369 g/mol. The van der Waals surface area contributed by atoms with Crippen LogP contribution in [0, 0.1) is 13.8 Å². The summed E-state index contributed by atoms with van der Waals surface area (Å²) in [5.41, 5.74) is 3.72. The first-order valence-electron chi connectivity index (χ1n) is 8.80. The molecule has 27 heavy (non-hydrogen) atoms. The highest BCUT2D eigenvalue weighted by atomic mass is 16.5. The van der Waals surface area contributed by atoms with Crippen LogP contribution >= 0.6 is 0 Å². The van der Waals surface area contributed by atoms with Crippen LogP contribution in [-0.4, -0.2) is 65.0 Å². The van der Waals surface area contributed by atoms with Gasteiger partial charge in [0, 0.05) is 11.8 Å². The SMILES string of the molecule is Cc1ccc2c(N=C3C=CC(=O)C=C3O)c(OCC[N+](C)(C)C)nn2c1C. The van der Waals surface area contributed by atoms with Gasteiger partial charge >= 0.3 is 0 Å². The highest BCUT2D eigenvalue weighted by Gasteiger charge is 2.19. The summed E-state index contributed by atoms with van der Waals surface area (Å²) in [5.74, 6) is -0.0251. The van der Waals surface area contributed by atoms with Gasteiger partial charge in [-0.1, -0.05) is 6.07 Å². The van der Waals surface area contributed by atoms with Crippen LogP contribution in [0.15, 0.2) is 41.1 Å². The Bertz CT molecular complexity index is 991. The van der Waals surface area contributed by atoms with Crippen molar-refractivity contribution in [1.82, 2.24) is 9.61 Å². The Morgan fingerprint density at radius 2 is 1.96 bits per heavy atom. The second-order valence-electron chi connectivity index (χ2n) is 7.68. The van der Waals surface area contributed by atoms with Gasteiger partial charge in [-0.25, -0.2) is 9.51 Å². The largest absolute Gasteiger partial charge is 0.506 e. The van der Waals surface area contributed by atoms with Gasteiger partial charge in [0.05, 0.1) is 26.7 Å². The molecule has 1 aliphatic carbocycles. The predicted molar refractivity (Wildman–Crippen MR) is 105 cm³/mol. The molecule has 7 nitrogen and oxygen atoms in total. The quantitative estimate of drug-likeness (QED) is 0.649. The molecule has 0 fully saturated rings. The maximum absolute atomic E-state index is 11.4. The molecule has 0 unspecified atom stereocenters. The molecule has 3 rings (SSSR count). The second kappa shape index (κ2) is 7.00. The number of aromatic nitrogens is 2. The van der Waals surface area contributed by atoms with Gasteiger partial charge in [0.1, 0.15) is 24.6 Å². The Morgan fingerprint density at radius 3 is 2.63 bits per heavy atom. The van der Waals surface area contributed by atoms with Gasteiger partial charge in [-0.15, -0.1) is 5.10 Å². The minimum absolute atomic E-state index is 0.164. The van der Waals surface area contributed by atoms with Gasteiger partial charge < -0.3 is 14.3 Å². The van der Waals surface area contributed by atoms with Crippen molar-refractivity contribution in [3.8, 4) is 5.88 Å². The summed E-state index contributed by atoms with van der Waals surface area (Å²) in [4.78, 5) is 16.0. The Kier molecular flexibility index (Phi) is 4.89. The van der Waals surface area contributed by atoms with Crippen molar-refractivity contribution in [2.75, 3.05) is 34.3 Å². The summed E-state index contributed by atoms with van der Waals surface area (Å²) < 4.78 is 8.51. The number of nitrogens with zero attached hydrogens (tertiary/aromatic N) is 4. The lowest BCUT2D eigenvalue weighted by Crippen LogP contribution is -2.38. The van der Waals surface area contributed by atoms with Gasteiger partial charge in [0.2, 0.25) is 0 Å². The fourth-order valence-electron chi connectivity index (χ4n) is 2.64. The van der Waals surface area contributed by atoms with Gasteiger partial charge in [-0.3, -0.25) is 4.79 Å². The van der Waals surface area contributed by atoms with Gasteiger partial charge in [0.25, 0.3) is 5.88 Å². The molecule has 0 bridgehead atoms. The van der Waals surface area contributed by atoms with Crippen molar-refractivity contribution in [3.05, 3.63) is 47.4 Å². The van der Waals surface area contributed by atoms with Crippen molar-refractivity contribution in [2.45, 2.75) is 13.8 Å². The molecule has 0 amide bonds. The number of rotatable bonds is 5. The Labute approximate surface area is 158 Å². The van der Waals surface area contributed by atoms with Crippen LogP contribution in [0.4, 0.5) is 5.69 Å². The number of aliphatic imine (C=N–C) groups is 1. The summed E-state index contributed by atoms with van der Waals surface area (Å²) in [6.07, 6.45) is 4.02. The maximum Gasteiger partial charge on any atom is 0.260 e. The number of aliphatic hydroxyl groups is 1. The predicted octanol–water partition coefficient (Wildman–Crippen LogP) is 2.69. The number of carbonyl (C=O) groups excluding carboxylic acids is 1. The highest BCUT2D eigenvalue weighted by Crippen LogP contribution is 2.34. The van der Waals surface area contributed by atoms with E-state index in [1.807, 2.05) is 26.0 Å². The molecule has 1 aliphatic rings. The van der Waals surface area contributed by atoms with E-state index in [-0.39, 0.29) is 11.5 Å². The number of fused-ring (bicyclic) bond motifs is 1. The fraction of sp³-hybridized carbons (Fsp3) is 0.350. The minimum Gasteiger partial charge on any atom is -0.506 e. The van der Waals surface area contributed by atoms with Gasteiger partial charge in [0.15, 0.2) is 11.5 Å². The maximum atomic E-state index is 11.4. The lowest BCUT2D eigenvalue weighted by molar-refractivity contribution is -0.870. The number of hydrogen-bond donors (Lipinski definition) is 1. The van der Waals surface area contributed by atoms with Crippen molar-refractivity contribution >= 4 is 22.7 Å². The van der Waals surface area contributed by atoms with Crippen LogP contribution in [0.5, 0.6) is 5.88 Å². The van der Waals surface area contributed by atoms with E-state index in [9.17, 15) is 9.90 Å². The number of ether oxygens (including phenoxy) is 1. The molecular weight excluding hydrogens is 344 g/mol. The van der Waals surface area contributed by atoms with Crippen LogP contribution in [0.2, 0.25) is 0 Å². The number of ketones is 1. The number of pyridine rings is 1. The third-order valence-corrected chi connectivity index (χ3v) is 4.42. The van der Waals surface area contributed by atoms with Crippen LogP contribution in [0.1, 0.15) is 11.3 Å². The second-order valence-corrected chi connectivity index (χ2v) is 7.68. The van der Waals surface area contributed by atoms with Crippen molar-refractivity contribution in [1.29, 1.82) is 0 Å². The molecule has 142 valence electrons. The average Bonchev–Trinajstić information content (AvgIpc) is 2.91. The van der Waals surface area contributed by atoms with E-state index in [4.69, 9.17) is 4.74 Å². The molecule has 2 heterocycles. The van der Waals surface area contributed by atoms with Crippen LogP contribution in [0.3, 0.4) is 0 Å². The van der Waals surface area contributed by atoms with Crippen LogP contribution < -0.4 is 4.74 Å². The topological polar surface area (TPSA) is 76.2 Å². The van der Waals surface area contributed by atoms with E-state index in [1.165, 1.54) is 12.2 Å². The number of allylic oxidation sites excluding steroid dienone is 3. The van der Waals surface area contributed by atoms with Crippen LogP contribution in [-0.2, 0) is 4.79 Å². The van der Waals surface area contributed by atoms with Gasteiger partial charge in [-0.2, -0.15) is 0 Å². The zero-order valence-electron chi connectivity index (χ0n) is 16.4. The molecule has 0 saturated heterocycles. The van der Waals surface area contributed by atoms with E-state index in [2.05, 4.69) is 31.2 Å². The Morgan fingerprint density at radius 1 is 1.22 bits per heavy atom. The summed E-state index contributed by atoms with van der Waals surface area (Å²) in [7, 11) is 6.27. The third kappa shape index (κ3) is 4.09. The minimum atomic E-state index is -0.266. The van der Waals surface area contributed by atoms with Gasteiger partial charge in [-0.05, 0) is 37.6 Å². The van der Waals surface area contributed by atoms with E-state index < -0.39 is 0 Å². The number of likely N-dealkylation sites (N-methyl/N-ethyl adjacent to an activating group) is 1. The molecule has 0 atom stereocenters. The fourth-order valence-corrected chi connectivity index (χ4v) is 2.64. The molecule has 2 aromatic rings. The third-order valence-electron chi connectivity index (χ3n) is 4.42. The zero-order valence-corrected chi connectivity index (χ0v) is 16.4. The van der Waals surface area contributed by atoms with E-state index in [0.29, 0.717) is 23.9 Å². The number of aryl methyl sites for hydroxylation is 2. The molecule has 0 aliphatic heterocycles. The standard InChI is InChI=1S/C20H24N4O3/c1-13-6-9-17-19(21-16-8-7-15(25)12-18(16)26)20(22-23(17)14(13)2)27-11-10-24(3,4)5/h6-9,12H,10-11H2,1-5H3/p+1. The zero-order chi connectivity index (χ0) is 19.8. The van der Waals surface area contributed by atoms with Crippen molar-refractivity contribution < 1.29 is 19.1 Å². The Hall–Kier alpha value is -2.93. The number of carbonyl (C=O) groups is 1. The van der Waals surface area contributed by atoms with Crippen LogP contribution in [0.25, 0.3) is 5.52 Å². The number of quaternary nitrogens is 1. The number of hydrogen-bond acceptors (Lipinski definition) is 5. The summed E-state index contributed by atoms with van der Waals surface area (Å²) in [6, 6.07) is 3.93. The average molecular weight is 369 g/mol. The molecule has 0 saturated carbocycles. The first kappa shape index (κ1) is 18.8. The lowest BCUT2D eigenvalue weighted by atomic mass is 10.1. The first-order chi connectivity index (χ1) is 12.7. The summed E-state index contributed by atoms with van der Waals surface area (Å²) in [5, 5.41) is 14.7. The molecule has 1 N–H and O–H groups in total.